The maximum atomic E-state index is 13.2. The largest absolute Gasteiger partial charge is 0.416 e. The third-order valence-electron chi connectivity index (χ3n) is 5.29. The van der Waals surface area contributed by atoms with Crippen molar-refractivity contribution in [3.8, 4) is 0 Å². The summed E-state index contributed by atoms with van der Waals surface area (Å²) in [6, 6.07) is 2.99. The summed E-state index contributed by atoms with van der Waals surface area (Å²) in [7, 11) is 0. The first kappa shape index (κ1) is 20.9. The predicted octanol–water partition coefficient (Wildman–Crippen LogP) is 4.53. The Morgan fingerprint density at radius 3 is 2.79 bits per heavy atom. The van der Waals surface area contributed by atoms with Crippen LogP contribution in [0, 0.1) is 5.41 Å². The predicted molar refractivity (Wildman–Crippen MR) is 103 cm³/mol. The van der Waals surface area contributed by atoms with E-state index in [1.165, 1.54) is 6.07 Å². The Balaban J connectivity index is 1.83. The average Bonchev–Trinajstić information content (AvgIpc) is 2.97. The smallest absolute Gasteiger partial charge is 0.337 e. The normalized spacial score (nSPS) is 22.3. The van der Waals surface area contributed by atoms with Gasteiger partial charge in [-0.1, -0.05) is 19.4 Å². The van der Waals surface area contributed by atoms with Crippen molar-refractivity contribution in [1.29, 1.82) is 5.41 Å². The van der Waals surface area contributed by atoms with E-state index in [0.717, 1.165) is 30.1 Å². The molecular formula is C20H23F3N2O2S. The summed E-state index contributed by atoms with van der Waals surface area (Å²) in [6.45, 7) is 2.54. The van der Waals surface area contributed by atoms with Crippen molar-refractivity contribution in [2.75, 3.05) is 18.1 Å². The number of hydrogen-bond acceptors (Lipinski definition) is 4. The molecule has 3 rings (SSSR count). The topological polar surface area (TPSA) is 61.2 Å². The van der Waals surface area contributed by atoms with Gasteiger partial charge in [-0.3, -0.25) is 9.59 Å². The van der Waals surface area contributed by atoms with Crippen LogP contribution in [0.25, 0.3) is 0 Å². The van der Waals surface area contributed by atoms with Crippen LogP contribution in [0.4, 0.5) is 13.2 Å². The fraction of sp³-hybridized carbons (Fsp3) is 0.550. The van der Waals surface area contributed by atoms with Gasteiger partial charge in [0.15, 0.2) is 5.78 Å². The lowest BCUT2D eigenvalue weighted by Gasteiger charge is -2.37. The van der Waals surface area contributed by atoms with Gasteiger partial charge < -0.3 is 10.3 Å². The Morgan fingerprint density at radius 2 is 2.11 bits per heavy atom. The first-order valence-corrected chi connectivity index (χ1v) is 10.6. The lowest BCUT2D eigenvalue weighted by Crippen LogP contribution is -2.48. The first-order chi connectivity index (χ1) is 13.2. The Labute approximate surface area is 166 Å². The van der Waals surface area contributed by atoms with Crippen LogP contribution >= 0.6 is 11.8 Å². The number of rotatable bonds is 5. The van der Waals surface area contributed by atoms with Gasteiger partial charge >= 0.3 is 6.18 Å². The molecule has 1 heterocycles. The van der Waals surface area contributed by atoms with Crippen LogP contribution in [-0.4, -0.2) is 46.4 Å². The summed E-state index contributed by atoms with van der Waals surface area (Å²) in [5.74, 6) is 0.167. The number of thioether (sulfide) groups is 1. The standard InChI is InChI=1S/C20H23F3N2O2S/c1-2-3-13(24)9-14-11-28-7-6-25(14)19(27)17-10-18(26)16-8-12(20(21,22)23)4-5-15(16)17/h4-5,8,14,17,24H,2-3,6-7,9-11H2,1H3. The highest BCUT2D eigenvalue weighted by Crippen LogP contribution is 2.39. The maximum absolute atomic E-state index is 13.2. The third-order valence-corrected chi connectivity index (χ3v) is 6.38. The monoisotopic (exact) mass is 412 g/mol. The SMILES string of the molecule is CCCC(=N)CC1CSCCN1C(=O)C1CC(=O)c2cc(C(F)(F)F)ccc21. The Bertz CT molecular complexity index is 794. The minimum absolute atomic E-state index is 0.00911. The van der Waals surface area contributed by atoms with Gasteiger partial charge in [-0.2, -0.15) is 24.9 Å². The van der Waals surface area contributed by atoms with Gasteiger partial charge in [-0.25, -0.2) is 0 Å². The Morgan fingerprint density at radius 1 is 1.36 bits per heavy atom. The van der Waals surface area contributed by atoms with E-state index in [1.54, 1.807) is 16.7 Å². The highest BCUT2D eigenvalue weighted by Gasteiger charge is 2.41. The van der Waals surface area contributed by atoms with E-state index in [0.29, 0.717) is 30.7 Å². The maximum Gasteiger partial charge on any atom is 0.416 e. The van der Waals surface area contributed by atoms with E-state index in [2.05, 4.69) is 0 Å². The van der Waals surface area contributed by atoms with Crippen molar-refractivity contribution >= 4 is 29.2 Å². The lowest BCUT2D eigenvalue weighted by atomic mass is 9.96. The molecule has 1 aromatic rings. The van der Waals surface area contributed by atoms with E-state index in [4.69, 9.17) is 5.41 Å². The van der Waals surface area contributed by atoms with Crippen molar-refractivity contribution in [3.63, 3.8) is 0 Å². The number of Topliss-reactive ketones (excluding diaryl/α,β-unsaturated/α-hetero) is 1. The molecule has 1 N–H and O–H groups in total. The molecule has 4 nitrogen and oxygen atoms in total. The number of nitrogens with one attached hydrogen (secondary N) is 1. The molecule has 0 bridgehead atoms. The number of nitrogens with zero attached hydrogens (tertiary/aromatic N) is 1. The Kier molecular flexibility index (Phi) is 6.17. The molecule has 8 heteroatoms. The lowest BCUT2D eigenvalue weighted by molar-refractivity contribution is -0.137. The number of amides is 1. The highest BCUT2D eigenvalue weighted by molar-refractivity contribution is 7.99. The Hall–Kier alpha value is -1.83. The third kappa shape index (κ3) is 4.26. The summed E-state index contributed by atoms with van der Waals surface area (Å²) in [5, 5.41) is 8.09. The fourth-order valence-corrected chi connectivity index (χ4v) is 4.97. The summed E-state index contributed by atoms with van der Waals surface area (Å²) < 4.78 is 38.9. The zero-order chi connectivity index (χ0) is 20.5. The molecule has 1 aliphatic heterocycles. The molecule has 0 radical (unpaired) electrons. The number of benzene rings is 1. The molecule has 1 saturated heterocycles. The number of hydrogen-bond donors (Lipinski definition) is 1. The van der Waals surface area contributed by atoms with E-state index in [-0.39, 0.29) is 23.9 Å². The van der Waals surface area contributed by atoms with Crippen LogP contribution in [0.5, 0.6) is 0 Å². The minimum atomic E-state index is -4.52. The van der Waals surface area contributed by atoms with E-state index in [9.17, 15) is 22.8 Å². The van der Waals surface area contributed by atoms with Crippen molar-refractivity contribution in [3.05, 3.63) is 34.9 Å². The molecular weight excluding hydrogens is 389 g/mol. The van der Waals surface area contributed by atoms with E-state index in [1.807, 2.05) is 6.92 Å². The van der Waals surface area contributed by atoms with Crippen LogP contribution in [0.2, 0.25) is 0 Å². The molecule has 2 atom stereocenters. The van der Waals surface area contributed by atoms with Crippen molar-refractivity contribution in [2.45, 2.75) is 50.7 Å². The number of alkyl halides is 3. The zero-order valence-corrected chi connectivity index (χ0v) is 16.5. The number of carbonyl (C=O) groups is 2. The molecule has 1 aliphatic carbocycles. The van der Waals surface area contributed by atoms with Gasteiger partial charge in [0.05, 0.1) is 11.5 Å². The van der Waals surface area contributed by atoms with Crippen LogP contribution in [0.3, 0.4) is 0 Å². The van der Waals surface area contributed by atoms with Crippen LogP contribution < -0.4 is 0 Å². The molecule has 0 aromatic heterocycles. The van der Waals surface area contributed by atoms with Gasteiger partial charge in [0.2, 0.25) is 5.91 Å². The fourth-order valence-electron chi connectivity index (χ4n) is 3.91. The zero-order valence-electron chi connectivity index (χ0n) is 15.6. The van der Waals surface area contributed by atoms with Crippen LogP contribution in [-0.2, 0) is 11.0 Å². The van der Waals surface area contributed by atoms with Gasteiger partial charge in [-0.15, -0.1) is 0 Å². The van der Waals surface area contributed by atoms with Crippen molar-refractivity contribution in [2.24, 2.45) is 0 Å². The van der Waals surface area contributed by atoms with Crippen LogP contribution in [0.1, 0.15) is 60.0 Å². The molecule has 1 amide bonds. The molecule has 0 spiro atoms. The van der Waals surface area contributed by atoms with Crippen molar-refractivity contribution < 1.29 is 22.8 Å². The van der Waals surface area contributed by atoms with Gasteiger partial charge in [0.25, 0.3) is 0 Å². The summed E-state index contributed by atoms with van der Waals surface area (Å²) in [4.78, 5) is 27.3. The number of fused-ring (bicyclic) bond motifs is 1. The van der Waals surface area contributed by atoms with Gasteiger partial charge in [0.1, 0.15) is 0 Å². The first-order valence-electron chi connectivity index (χ1n) is 9.41. The van der Waals surface area contributed by atoms with Gasteiger partial charge in [-0.05, 0) is 24.1 Å². The summed E-state index contributed by atoms with van der Waals surface area (Å²) in [5.41, 5.74) is 0.136. The number of ketones is 1. The molecule has 28 heavy (non-hydrogen) atoms. The van der Waals surface area contributed by atoms with Crippen LogP contribution in [0.15, 0.2) is 18.2 Å². The second kappa shape index (κ2) is 8.27. The quantitative estimate of drug-likeness (QED) is 0.723. The molecule has 152 valence electrons. The van der Waals surface area contributed by atoms with Crippen molar-refractivity contribution in [1.82, 2.24) is 4.90 Å². The summed E-state index contributed by atoms with van der Waals surface area (Å²) in [6.07, 6.45) is -2.54. The minimum Gasteiger partial charge on any atom is -0.337 e. The van der Waals surface area contributed by atoms with E-state index < -0.39 is 23.4 Å². The highest BCUT2D eigenvalue weighted by atomic mass is 32.2. The molecule has 1 fully saturated rings. The second-order valence-corrected chi connectivity index (χ2v) is 8.45. The molecule has 2 aliphatic rings. The summed E-state index contributed by atoms with van der Waals surface area (Å²) >= 11 is 1.74. The van der Waals surface area contributed by atoms with Gasteiger partial charge in [0, 0.05) is 48.2 Å². The van der Waals surface area contributed by atoms with E-state index >= 15 is 0 Å². The molecule has 0 saturated carbocycles. The second-order valence-electron chi connectivity index (χ2n) is 7.30. The molecule has 2 unspecified atom stereocenters. The molecule has 1 aromatic carbocycles. The average molecular weight is 412 g/mol. The number of halogens is 3. The number of carbonyl (C=O) groups excluding carboxylic acids is 2.